The second-order valence-corrected chi connectivity index (χ2v) is 16.5. The molecule has 0 bridgehead atoms. The summed E-state index contributed by atoms with van der Waals surface area (Å²) in [6, 6.07) is 0. The second kappa shape index (κ2) is 51.9. The molecule has 5 nitrogen and oxygen atoms in total. The van der Waals surface area contributed by atoms with Crippen LogP contribution in [0.15, 0.2) is 109 Å². The van der Waals surface area contributed by atoms with E-state index in [4.69, 9.17) is 9.47 Å². The van der Waals surface area contributed by atoms with Gasteiger partial charge < -0.3 is 14.6 Å². The van der Waals surface area contributed by atoms with Gasteiger partial charge >= 0.3 is 11.9 Å². The van der Waals surface area contributed by atoms with Crippen LogP contribution in [0.25, 0.3) is 0 Å². The Hall–Kier alpha value is -3.44. The molecular weight excluding hydrogens is 765 g/mol. The van der Waals surface area contributed by atoms with E-state index in [-0.39, 0.29) is 25.2 Å². The highest BCUT2D eigenvalue weighted by atomic mass is 16.6. The lowest BCUT2D eigenvalue weighted by molar-refractivity contribution is -0.161. The third kappa shape index (κ3) is 49.2. The predicted octanol–water partition coefficient (Wildman–Crippen LogP) is 17.0. The van der Waals surface area contributed by atoms with E-state index < -0.39 is 6.10 Å². The molecule has 0 saturated carbocycles. The highest BCUT2D eigenvalue weighted by molar-refractivity contribution is 5.70. The summed E-state index contributed by atoms with van der Waals surface area (Å²) in [5, 5.41) is 9.63. The number of unbranched alkanes of at least 4 members (excludes halogenated alkanes) is 19. The summed E-state index contributed by atoms with van der Waals surface area (Å²) in [6.07, 6.45) is 74.6. The lowest BCUT2D eigenvalue weighted by Gasteiger charge is -2.15. The Morgan fingerprint density at radius 3 is 0.968 bits per heavy atom. The number of hydrogen-bond donors (Lipinski definition) is 1. The van der Waals surface area contributed by atoms with Gasteiger partial charge in [0.05, 0.1) is 6.61 Å². The van der Waals surface area contributed by atoms with Gasteiger partial charge in [0.2, 0.25) is 0 Å². The quantitative estimate of drug-likeness (QED) is 0.0375. The first-order valence-electron chi connectivity index (χ1n) is 25.4. The fraction of sp³-hybridized carbons (Fsp3) is 0.649. The molecule has 0 fully saturated rings. The number of esters is 2. The number of carbonyl (C=O) groups excluding carboxylic acids is 2. The smallest absolute Gasteiger partial charge is 0.306 e. The first-order chi connectivity index (χ1) is 30.6. The SMILES string of the molecule is CC/C=C\C/C=C\C/C=C\C/C=C\C/C=C\CCCCCCCC(=O)OC(CO)COC(=O)CCCCCCCCCCCCCCCC/C=C\C/C=C\C/C=C\C/C=C\CC. The Kier molecular flexibility index (Phi) is 49.0. The maximum atomic E-state index is 12.3. The van der Waals surface area contributed by atoms with Crippen LogP contribution in [-0.2, 0) is 19.1 Å². The van der Waals surface area contributed by atoms with Crippen molar-refractivity contribution in [2.45, 2.75) is 225 Å². The maximum Gasteiger partial charge on any atom is 0.306 e. The van der Waals surface area contributed by atoms with Crippen LogP contribution in [0.3, 0.4) is 0 Å². The molecule has 0 aliphatic rings. The van der Waals surface area contributed by atoms with Gasteiger partial charge in [0.1, 0.15) is 6.61 Å². The van der Waals surface area contributed by atoms with Crippen molar-refractivity contribution in [3.05, 3.63) is 109 Å². The number of allylic oxidation sites excluding steroid dienone is 18. The topological polar surface area (TPSA) is 72.8 Å². The third-order valence-corrected chi connectivity index (χ3v) is 10.6. The van der Waals surface area contributed by atoms with E-state index >= 15 is 0 Å². The zero-order valence-corrected chi connectivity index (χ0v) is 40.1. The Balaban J connectivity index is 3.56. The van der Waals surface area contributed by atoms with Crippen molar-refractivity contribution >= 4 is 11.9 Å². The summed E-state index contributed by atoms with van der Waals surface area (Å²) in [5.74, 6) is -0.617. The van der Waals surface area contributed by atoms with E-state index in [1.165, 1.54) is 77.0 Å². The minimum atomic E-state index is -0.790. The predicted molar refractivity (Wildman–Crippen MR) is 269 cm³/mol. The summed E-state index contributed by atoms with van der Waals surface area (Å²) < 4.78 is 10.7. The maximum absolute atomic E-state index is 12.3. The molecule has 0 aliphatic carbocycles. The molecule has 0 aromatic rings. The highest BCUT2D eigenvalue weighted by Crippen LogP contribution is 2.15. The van der Waals surface area contributed by atoms with E-state index in [1.54, 1.807) is 0 Å². The van der Waals surface area contributed by atoms with Crippen LogP contribution in [0.4, 0.5) is 0 Å². The number of hydrogen-bond acceptors (Lipinski definition) is 5. The van der Waals surface area contributed by atoms with E-state index in [0.717, 1.165) is 116 Å². The molecule has 0 aromatic heterocycles. The van der Waals surface area contributed by atoms with Crippen LogP contribution in [0.5, 0.6) is 0 Å². The average Bonchev–Trinajstić information content (AvgIpc) is 3.28. The molecule has 1 N–H and O–H groups in total. The summed E-state index contributed by atoms with van der Waals surface area (Å²) in [7, 11) is 0. The van der Waals surface area contributed by atoms with E-state index in [9.17, 15) is 14.7 Å². The molecule has 5 heteroatoms. The van der Waals surface area contributed by atoms with Crippen molar-refractivity contribution in [2.75, 3.05) is 13.2 Å². The standard InChI is InChI=1S/C57H94O5/c1-3-5-7-9-11-13-15-17-19-21-23-25-26-27-28-29-30-32-33-35-37-39-41-43-45-47-49-51-56(59)61-54-55(53-58)62-57(60)52-50-48-46-44-42-40-38-36-34-31-24-22-20-18-16-14-12-10-8-6-4-2/h5-8,11-14,17-20,23-25,31,36,38,55,58H,3-4,9-10,15-16,21-22,26-30,32-35,37,39-54H2,1-2H3/b7-5-,8-6-,13-11-,14-12-,19-17-,20-18-,25-23-,31-24-,38-36-. The molecule has 0 heterocycles. The number of ether oxygens (including phenoxy) is 2. The monoisotopic (exact) mass is 859 g/mol. The fourth-order valence-corrected chi connectivity index (χ4v) is 6.81. The Morgan fingerprint density at radius 1 is 0.371 bits per heavy atom. The van der Waals surface area contributed by atoms with Crippen LogP contribution in [0, 0.1) is 0 Å². The highest BCUT2D eigenvalue weighted by Gasteiger charge is 2.16. The lowest BCUT2D eigenvalue weighted by atomic mass is 10.0. The number of aliphatic hydroxyl groups is 1. The molecule has 0 saturated heterocycles. The molecule has 1 atom stereocenters. The molecule has 0 aromatic carbocycles. The Morgan fingerprint density at radius 2 is 0.645 bits per heavy atom. The third-order valence-electron chi connectivity index (χ3n) is 10.6. The first kappa shape index (κ1) is 58.6. The van der Waals surface area contributed by atoms with Crippen molar-refractivity contribution in [1.82, 2.24) is 0 Å². The van der Waals surface area contributed by atoms with Gasteiger partial charge in [-0.2, -0.15) is 0 Å². The minimum Gasteiger partial charge on any atom is -0.462 e. The van der Waals surface area contributed by atoms with Gasteiger partial charge in [0.25, 0.3) is 0 Å². The van der Waals surface area contributed by atoms with Crippen molar-refractivity contribution in [2.24, 2.45) is 0 Å². The molecule has 0 amide bonds. The number of rotatable bonds is 45. The van der Waals surface area contributed by atoms with Crippen LogP contribution in [-0.4, -0.2) is 36.4 Å². The zero-order chi connectivity index (χ0) is 44.9. The van der Waals surface area contributed by atoms with Crippen molar-refractivity contribution < 1.29 is 24.2 Å². The summed E-state index contributed by atoms with van der Waals surface area (Å²) in [6.45, 7) is 3.90. The molecule has 0 aliphatic heterocycles. The number of aliphatic hydroxyl groups excluding tert-OH is 1. The summed E-state index contributed by atoms with van der Waals surface area (Å²) in [5.41, 5.74) is 0. The second-order valence-electron chi connectivity index (χ2n) is 16.5. The largest absolute Gasteiger partial charge is 0.462 e. The average molecular weight is 859 g/mol. The van der Waals surface area contributed by atoms with Gasteiger partial charge in [0.15, 0.2) is 6.10 Å². The fourth-order valence-electron chi connectivity index (χ4n) is 6.81. The van der Waals surface area contributed by atoms with Gasteiger partial charge in [-0.05, 0) is 96.3 Å². The molecule has 0 spiro atoms. The van der Waals surface area contributed by atoms with Gasteiger partial charge in [0, 0.05) is 12.8 Å². The van der Waals surface area contributed by atoms with Gasteiger partial charge in [-0.1, -0.05) is 220 Å². The van der Waals surface area contributed by atoms with Crippen molar-refractivity contribution in [1.29, 1.82) is 0 Å². The van der Waals surface area contributed by atoms with Crippen LogP contribution in [0.1, 0.15) is 219 Å². The lowest BCUT2D eigenvalue weighted by Crippen LogP contribution is -2.28. The number of carbonyl (C=O) groups is 2. The van der Waals surface area contributed by atoms with Gasteiger partial charge in [-0.25, -0.2) is 0 Å². The van der Waals surface area contributed by atoms with E-state index in [2.05, 4.69) is 123 Å². The summed E-state index contributed by atoms with van der Waals surface area (Å²) in [4.78, 5) is 24.5. The minimum absolute atomic E-state index is 0.0798. The summed E-state index contributed by atoms with van der Waals surface area (Å²) >= 11 is 0. The molecule has 62 heavy (non-hydrogen) atoms. The molecule has 352 valence electrons. The van der Waals surface area contributed by atoms with Gasteiger partial charge in [-0.3, -0.25) is 9.59 Å². The Labute approximate surface area is 382 Å². The normalized spacial score (nSPS) is 13.1. The van der Waals surface area contributed by atoms with E-state index in [0.29, 0.717) is 12.8 Å². The molecule has 0 radical (unpaired) electrons. The Bertz CT molecular complexity index is 1250. The first-order valence-corrected chi connectivity index (χ1v) is 25.4. The molecule has 1 unspecified atom stereocenters. The molecular formula is C57H94O5. The van der Waals surface area contributed by atoms with Crippen LogP contribution >= 0.6 is 0 Å². The zero-order valence-electron chi connectivity index (χ0n) is 40.1. The van der Waals surface area contributed by atoms with Gasteiger partial charge in [-0.15, -0.1) is 0 Å². The van der Waals surface area contributed by atoms with Crippen molar-refractivity contribution in [3.8, 4) is 0 Å². The molecule has 0 rings (SSSR count). The van der Waals surface area contributed by atoms with Crippen LogP contribution in [0.2, 0.25) is 0 Å². The van der Waals surface area contributed by atoms with Crippen molar-refractivity contribution in [3.63, 3.8) is 0 Å². The van der Waals surface area contributed by atoms with E-state index in [1.807, 2.05) is 0 Å². The van der Waals surface area contributed by atoms with Crippen LogP contribution < -0.4 is 0 Å².